The summed E-state index contributed by atoms with van der Waals surface area (Å²) in [6.45, 7) is 0. The summed E-state index contributed by atoms with van der Waals surface area (Å²) < 4.78 is 15.1. The third kappa shape index (κ3) is 1.72. The molecule has 2 aromatic rings. The Morgan fingerprint density at radius 2 is 2.00 bits per heavy atom. The Hall–Kier alpha value is -1.42. The first kappa shape index (κ1) is 10.7. The molecular weight excluding hydrogens is 217 g/mol. The fourth-order valence-corrected chi connectivity index (χ4v) is 2.74. The van der Waals surface area contributed by atoms with Crippen LogP contribution in [0.5, 0.6) is 0 Å². The minimum absolute atomic E-state index is 0.254. The molecule has 0 radical (unpaired) electrons. The topological polar surface area (TPSA) is 43.3 Å². The van der Waals surface area contributed by atoms with E-state index in [1.165, 1.54) is 18.7 Å². The van der Waals surface area contributed by atoms with Gasteiger partial charge in [0, 0.05) is 6.20 Å². The molecule has 0 aliphatic heterocycles. The van der Waals surface area contributed by atoms with Gasteiger partial charge in [-0.05, 0) is 25.0 Å². The zero-order chi connectivity index (χ0) is 11.9. The summed E-state index contributed by atoms with van der Waals surface area (Å²) in [5.74, 6) is 0.544. The fraction of sp³-hybridized carbons (Fsp3) is 0.462. The summed E-state index contributed by atoms with van der Waals surface area (Å²) in [5.41, 5.74) is 6.94. The quantitative estimate of drug-likeness (QED) is 0.822. The molecule has 0 spiro atoms. The van der Waals surface area contributed by atoms with E-state index in [0.29, 0.717) is 0 Å². The number of fused-ring (bicyclic) bond motifs is 1. The van der Waals surface area contributed by atoms with E-state index in [1.54, 1.807) is 16.7 Å². The lowest BCUT2D eigenvalue weighted by Crippen LogP contribution is -2.40. The number of nitrogens with two attached hydrogens (primary N) is 1. The molecule has 2 N–H and O–H groups in total. The van der Waals surface area contributed by atoms with Crippen LogP contribution in [-0.2, 0) is 5.54 Å². The third-order valence-electron chi connectivity index (χ3n) is 3.68. The van der Waals surface area contributed by atoms with Crippen molar-refractivity contribution in [3.05, 3.63) is 36.2 Å². The molecule has 0 aromatic carbocycles. The molecule has 1 aliphatic rings. The Balaban J connectivity index is 2.13. The highest BCUT2D eigenvalue weighted by molar-refractivity contribution is 5.46. The van der Waals surface area contributed by atoms with Gasteiger partial charge in [-0.15, -0.1) is 0 Å². The van der Waals surface area contributed by atoms with E-state index in [9.17, 15) is 4.39 Å². The second-order valence-electron chi connectivity index (χ2n) is 4.94. The van der Waals surface area contributed by atoms with E-state index >= 15 is 0 Å². The molecule has 0 unspecified atom stereocenters. The van der Waals surface area contributed by atoms with E-state index in [4.69, 9.17) is 5.73 Å². The van der Waals surface area contributed by atoms with Gasteiger partial charge < -0.3 is 5.73 Å². The molecule has 2 aromatic heterocycles. The van der Waals surface area contributed by atoms with Crippen molar-refractivity contribution in [2.45, 2.75) is 37.6 Å². The van der Waals surface area contributed by atoms with Gasteiger partial charge in [0.1, 0.15) is 11.6 Å². The van der Waals surface area contributed by atoms with E-state index in [1.807, 2.05) is 0 Å². The molecule has 17 heavy (non-hydrogen) atoms. The maximum atomic E-state index is 13.3. The summed E-state index contributed by atoms with van der Waals surface area (Å²) in [6.07, 6.45) is 8.59. The van der Waals surface area contributed by atoms with Crippen molar-refractivity contribution >= 4 is 5.52 Å². The number of pyridine rings is 1. The van der Waals surface area contributed by atoms with Gasteiger partial charge in [0.05, 0.1) is 17.3 Å². The Bertz CT molecular complexity index is 541. The zero-order valence-electron chi connectivity index (χ0n) is 9.69. The van der Waals surface area contributed by atoms with Gasteiger partial charge in [0.15, 0.2) is 0 Å². The monoisotopic (exact) mass is 233 g/mol. The average Bonchev–Trinajstić information content (AvgIpc) is 2.73. The second-order valence-corrected chi connectivity index (χ2v) is 4.94. The molecule has 0 amide bonds. The summed E-state index contributed by atoms with van der Waals surface area (Å²) in [7, 11) is 0. The van der Waals surface area contributed by atoms with Gasteiger partial charge in [-0.3, -0.25) is 4.40 Å². The molecule has 1 aliphatic carbocycles. The minimum Gasteiger partial charge on any atom is -0.319 e. The summed E-state index contributed by atoms with van der Waals surface area (Å²) >= 11 is 0. The van der Waals surface area contributed by atoms with E-state index in [0.717, 1.165) is 37.0 Å². The van der Waals surface area contributed by atoms with Crippen LogP contribution in [0.2, 0.25) is 0 Å². The normalized spacial score (nSPS) is 19.6. The highest BCUT2D eigenvalue weighted by Gasteiger charge is 2.33. The third-order valence-corrected chi connectivity index (χ3v) is 3.68. The van der Waals surface area contributed by atoms with Gasteiger partial charge >= 0.3 is 0 Å². The maximum absolute atomic E-state index is 13.3. The summed E-state index contributed by atoms with van der Waals surface area (Å²) in [5, 5.41) is 0. The molecule has 1 saturated carbocycles. The Labute approximate surface area is 99.5 Å². The molecule has 0 bridgehead atoms. The van der Waals surface area contributed by atoms with Crippen LogP contribution in [-0.4, -0.2) is 9.38 Å². The Morgan fingerprint density at radius 3 is 2.76 bits per heavy atom. The number of halogens is 1. The molecule has 3 nitrogen and oxygen atoms in total. The van der Waals surface area contributed by atoms with Gasteiger partial charge in [-0.25, -0.2) is 9.37 Å². The van der Waals surface area contributed by atoms with E-state index < -0.39 is 5.54 Å². The zero-order valence-corrected chi connectivity index (χ0v) is 9.69. The van der Waals surface area contributed by atoms with Crippen molar-refractivity contribution < 1.29 is 4.39 Å². The van der Waals surface area contributed by atoms with Crippen LogP contribution in [0.1, 0.15) is 37.9 Å². The van der Waals surface area contributed by atoms with Gasteiger partial charge in [0.25, 0.3) is 0 Å². The molecular formula is C13H16FN3. The van der Waals surface area contributed by atoms with Crippen molar-refractivity contribution in [1.29, 1.82) is 0 Å². The standard InChI is InChI=1S/C13H16FN3/c14-10-4-5-11-8-16-12(17(11)9-10)13(15)6-2-1-3-7-13/h4-5,8-9H,1-3,6-7,15H2. The molecule has 4 heteroatoms. The first-order valence-electron chi connectivity index (χ1n) is 6.11. The van der Waals surface area contributed by atoms with Crippen LogP contribution in [0.4, 0.5) is 4.39 Å². The van der Waals surface area contributed by atoms with Crippen molar-refractivity contribution in [1.82, 2.24) is 9.38 Å². The van der Waals surface area contributed by atoms with Crippen molar-refractivity contribution in [3.63, 3.8) is 0 Å². The first-order valence-corrected chi connectivity index (χ1v) is 6.11. The second kappa shape index (κ2) is 3.81. The molecule has 2 heterocycles. The predicted molar refractivity (Wildman–Crippen MR) is 64.1 cm³/mol. The van der Waals surface area contributed by atoms with Gasteiger partial charge in [-0.2, -0.15) is 0 Å². The largest absolute Gasteiger partial charge is 0.319 e. The predicted octanol–water partition coefficient (Wildman–Crippen LogP) is 2.59. The molecule has 3 rings (SSSR count). The number of aromatic nitrogens is 2. The van der Waals surface area contributed by atoms with Crippen LogP contribution in [0.3, 0.4) is 0 Å². The van der Waals surface area contributed by atoms with Crippen LogP contribution in [0, 0.1) is 5.82 Å². The highest BCUT2D eigenvalue weighted by atomic mass is 19.1. The Kier molecular flexibility index (Phi) is 2.40. The van der Waals surface area contributed by atoms with E-state index in [2.05, 4.69) is 4.98 Å². The number of imidazole rings is 1. The number of hydrogen-bond acceptors (Lipinski definition) is 2. The average molecular weight is 233 g/mol. The van der Waals surface area contributed by atoms with Crippen molar-refractivity contribution in [2.24, 2.45) is 5.73 Å². The first-order chi connectivity index (χ1) is 8.19. The molecule has 0 atom stereocenters. The summed E-state index contributed by atoms with van der Waals surface area (Å²) in [4.78, 5) is 4.40. The SMILES string of the molecule is NC1(c2ncc3ccc(F)cn23)CCCCC1. The molecule has 1 fully saturated rings. The van der Waals surface area contributed by atoms with Crippen molar-refractivity contribution in [2.75, 3.05) is 0 Å². The van der Waals surface area contributed by atoms with Crippen LogP contribution in [0.15, 0.2) is 24.5 Å². The summed E-state index contributed by atoms with van der Waals surface area (Å²) in [6, 6.07) is 3.18. The number of nitrogens with zero attached hydrogens (tertiary/aromatic N) is 2. The highest BCUT2D eigenvalue weighted by Crippen LogP contribution is 2.34. The number of hydrogen-bond donors (Lipinski definition) is 1. The minimum atomic E-state index is -0.390. The fourth-order valence-electron chi connectivity index (χ4n) is 2.74. The van der Waals surface area contributed by atoms with Gasteiger partial charge in [0.2, 0.25) is 0 Å². The van der Waals surface area contributed by atoms with Crippen molar-refractivity contribution in [3.8, 4) is 0 Å². The number of rotatable bonds is 1. The van der Waals surface area contributed by atoms with Crippen LogP contribution in [0.25, 0.3) is 5.52 Å². The van der Waals surface area contributed by atoms with Gasteiger partial charge in [-0.1, -0.05) is 19.3 Å². The van der Waals surface area contributed by atoms with Crippen LogP contribution < -0.4 is 5.73 Å². The molecule has 0 saturated heterocycles. The maximum Gasteiger partial charge on any atom is 0.139 e. The lowest BCUT2D eigenvalue weighted by molar-refractivity contribution is 0.286. The lowest BCUT2D eigenvalue weighted by atomic mass is 9.82. The Morgan fingerprint density at radius 1 is 1.24 bits per heavy atom. The van der Waals surface area contributed by atoms with Crippen LogP contribution >= 0.6 is 0 Å². The van der Waals surface area contributed by atoms with E-state index in [-0.39, 0.29) is 5.82 Å². The smallest absolute Gasteiger partial charge is 0.139 e. The lowest BCUT2D eigenvalue weighted by Gasteiger charge is -2.32. The molecule has 90 valence electrons.